The van der Waals surface area contributed by atoms with Gasteiger partial charge in [0.2, 0.25) is 0 Å². The molecule has 0 radical (unpaired) electrons. The summed E-state index contributed by atoms with van der Waals surface area (Å²) in [5, 5.41) is 1.97. The predicted molar refractivity (Wildman–Crippen MR) is 93.2 cm³/mol. The lowest BCUT2D eigenvalue weighted by atomic mass is 10.2. The molecule has 2 aromatic rings. The number of halogens is 5. The monoisotopic (exact) mass is 439 g/mol. The highest BCUT2D eigenvalue weighted by atomic mass is 35.5. The number of alkyl halides is 3. The average Bonchev–Trinajstić information content (AvgIpc) is 2.63. The number of aromatic nitrogens is 2. The van der Waals surface area contributed by atoms with Gasteiger partial charge in [0.25, 0.3) is 5.56 Å². The molecule has 1 aromatic heterocycles. The van der Waals surface area contributed by atoms with Gasteiger partial charge in [0.05, 0.1) is 10.7 Å². The van der Waals surface area contributed by atoms with E-state index in [4.69, 9.17) is 16.3 Å². The van der Waals surface area contributed by atoms with Gasteiger partial charge >= 0.3 is 18.0 Å². The van der Waals surface area contributed by atoms with Crippen LogP contribution in [0.1, 0.15) is 5.69 Å². The van der Waals surface area contributed by atoms with Crippen LogP contribution in [0, 0.1) is 5.82 Å². The van der Waals surface area contributed by atoms with Gasteiger partial charge in [0, 0.05) is 26.2 Å². The first-order chi connectivity index (χ1) is 13.5. The van der Waals surface area contributed by atoms with Crippen LogP contribution >= 0.6 is 11.6 Å². The van der Waals surface area contributed by atoms with E-state index in [2.05, 4.69) is 10.1 Å². The lowest BCUT2D eigenvalue weighted by Gasteiger charge is -2.15. The minimum absolute atomic E-state index is 0.174. The van der Waals surface area contributed by atoms with Crippen molar-refractivity contribution in [2.45, 2.75) is 6.18 Å². The van der Waals surface area contributed by atoms with Crippen molar-refractivity contribution in [2.75, 3.05) is 20.3 Å². The van der Waals surface area contributed by atoms with Crippen molar-refractivity contribution in [3.05, 3.63) is 55.6 Å². The zero-order valence-corrected chi connectivity index (χ0v) is 15.7. The molecule has 1 aromatic carbocycles. The van der Waals surface area contributed by atoms with Crippen LogP contribution in [0.2, 0.25) is 5.02 Å². The van der Waals surface area contributed by atoms with Crippen LogP contribution in [-0.4, -0.2) is 35.5 Å². The Labute approximate surface area is 165 Å². The van der Waals surface area contributed by atoms with Gasteiger partial charge in [-0.3, -0.25) is 9.36 Å². The molecule has 0 bridgehead atoms. The number of hydrogen-bond acceptors (Lipinski definition) is 5. The molecule has 1 N–H and O–H groups in total. The molecule has 29 heavy (non-hydrogen) atoms. The molecular weight excluding hydrogens is 426 g/mol. The first kappa shape index (κ1) is 22.3. The summed E-state index contributed by atoms with van der Waals surface area (Å²) in [7, 11) is 2.14. The van der Waals surface area contributed by atoms with E-state index >= 15 is 0 Å². The fraction of sp³-hybridized carbons (Fsp3) is 0.312. The third-order valence-electron chi connectivity index (χ3n) is 3.63. The smallest absolute Gasteiger partial charge is 0.431 e. The van der Waals surface area contributed by atoms with E-state index in [0.29, 0.717) is 0 Å². The summed E-state index contributed by atoms with van der Waals surface area (Å²) in [6.45, 7) is -0.414. The highest BCUT2D eigenvalue weighted by Crippen LogP contribution is 2.30. The van der Waals surface area contributed by atoms with E-state index in [0.717, 1.165) is 19.2 Å². The Morgan fingerprint density at radius 1 is 1.21 bits per heavy atom. The van der Waals surface area contributed by atoms with E-state index in [-0.39, 0.29) is 39.2 Å². The van der Waals surface area contributed by atoms with Crippen molar-refractivity contribution in [3.63, 3.8) is 0 Å². The van der Waals surface area contributed by atoms with E-state index in [1.54, 1.807) is 0 Å². The molecule has 13 heteroatoms. The Kier molecular flexibility index (Phi) is 6.57. The largest absolute Gasteiger partial charge is 0.488 e. The number of amides is 1. The Bertz CT molecular complexity index is 1050. The lowest BCUT2D eigenvalue weighted by Crippen LogP contribution is -2.41. The number of carbonyl (C=O) groups is 1. The highest BCUT2D eigenvalue weighted by Gasteiger charge is 2.35. The second-order valence-electron chi connectivity index (χ2n) is 5.51. The van der Waals surface area contributed by atoms with Crippen molar-refractivity contribution < 1.29 is 31.8 Å². The molecule has 0 aliphatic heterocycles. The Hall–Kier alpha value is -3.02. The van der Waals surface area contributed by atoms with Crippen LogP contribution < -0.4 is 21.3 Å². The summed E-state index contributed by atoms with van der Waals surface area (Å²) in [5.41, 5.74) is -4.95. The fourth-order valence-corrected chi connectivity index (χ4v) is 2.48. The Balaban J connectivity index is 2.46. The van der Waals surface area contributed by atoms with Crippen LogP contribution in [0.3, 0.4) is 0 Å². The molecule has 0 aliphatic rings. The molecule has 0 fully saturated rings. The highest BCUT2D eigenvalue weighted by molar-refractivity contribution is 6.32. The summed E-state index contributed by atoms with van der Waals surface area (Å²) in [5.74, 6) is -1.32. The standard InChI is InChI=1S/C16H14ClF4N3O5/c1-22-14(26)29-4-3-28-11-6-10(9(18)5-8(11)17)24-13(25)7-12(16(19,20)21)23(2)15(24)27/h5-7H,3-4H2,1-2H3,(H,22,26). The van der Waals surface area contributed by atoms with Gasteiger partial charge in [-0.25, -0.2) is 18.5 Å². The number of rotatable bonds is 5. The minimum atomic E-state index is -4.95. The molecular formula is C16H14ClF4N3O5. The topological polar surface area (TPSA) is 91.6 Å². The van der Waals surface area contributed by atoms with Gasteiger partial charge in [-0.15, -0.1) is 0 Å². The molecule has 0 saturated heterocycles. The van der Waals surface area contributed by atoms with E-state index in [9.17, 15) is 31.9 Å². The molecule has 8 nitrogen and oxygen atoms in total. The van der Waals surface area contributed by atoms with E-state index in [1.807, 2.05) is 0 Å². The Morgan fingerprint density at radius 3 is 2.45 bits per heavy atom. The van der Waals surface area contributed by atoms with E-state index < -0.39 is 40.7 Å². The number of hydrogen-bond donors (Lipinski definition) is 1. The molecule has 0 spiro atoms. The lowest BCUT2D eigenvalue weighted by molar-refractivity contribution is -0.144. The normalized spacial score (nSPS) is 11.3. The van der Waals surface area contributed by atoms with Gasteiger partial charge in [-0.1, -0.05) is 11.6 Å². The van der Waals surface area contributed by atoms with Crippen LogP contribution in [0.4, 0.5) is 22.4 Å². The number of carbonyl (C=O) groups excluding carboxylic acids is 1. The van der Waals surface area contributed by atoms with Gasteiger partial charge in [0.1, 0.15) is 30.5 Å². The van der Waals surface area contributed by atoms with Gasteiger partial charge in [-0.2, -0.15) is 13.2 Å². The van der Waals surface area contributed by atoms with Crippen LogP contribution in [0.15, 0.2) is 27.8 Å². The molecule has 0 atom stereocenters. The SMILES string of the molecule is CNC(=O)OCCOc1cc(-n2c(=O)cc(C(F)(F)F)n(C)c2=O)c(F)cc1Cl. The number of benzene rings is 1. The maximum absolute atomic E-state index is 14.3. The molecule has 1 amide bonds. The van der Waals surface area contributed by atoms with Gasteiger partial charge in [-0.05, 0) is 6.07 Å². The summed E-state index contributed by atoms with van der Waals surface area (Å²) >= 11 is 5.85. The second kappa shape index (κ2) is 8.55. The van der Waals surface area contributed by atoms with Crippen LogP contribution in [0.25, 0.3) is 5.69 Å². The predicted octanol–water partition coefficient (Wildman–Crippen LogP) is 2.08. The molecule has 0 aliphatic carbocycles. The number of alkyl carbamates (subject to hydrolysis) is 1. The zero-order chi connectivity index (χ0) is 21.9. The molecule has 0 saturated carbocycles. The summed E-state index contributed by atoms with van der Waals surface area (Å²) in [4.78, 5) is 35.4. The van der Waals surface area contributed by atoms with Gasteiger partial charge < -0.3 is 14.8 Å². The third kappa shape index (κ3) is 4.88. The Morgan fingerprint density at radius 2 is 1.86 bits per heavy atom. The first-order valence-electron chi connectivity index (χ1n) is 7.84. The number of nitrogens with one attached hydrogen (secondary N) is 1. The number of ether oxygens (including phenoxy) is 2. The van der Waals surface area contributed by atoms with Crippen molar-refractivity contribution in [1.29, 1.82) is 0 Å². The van der Waals surface area contributed by atoms with Gasteiger partial charge in [0.15, 0.2) is 0 Å². The maximum Gasteiger partial charge on any atom is 0.431 e. The average molecular weight is 440 g/mol. The minimum Gasteiger partial charge on any atom is -0.488 e. The van der Waals surface area contributed by atoms with Crippen molar-refractivity contribution in [3.8, 4) is 11.4 Å². The van der Waals surface area contributed by atoms with Crippen LogP contribution in [0.5, 0.6) is 5.75 Å². The second-order valence-corrected chi connectivity index (χ2v) is 5.92. The third-order valence-corrected chi connectivity index (χ3v) is 3.93. The van der Waals surface area contributed by atoms with Crippen molar-refractivity contribution >= 4 is 17.7 Å². The molecule has 2 rings (SSSR count). The van der Waals surface area contributed by atoms with Crippen molar-refractivity contribution in [2.24, 2.45) is 7.05 Å². The summed E-state index contributed by atoms with van der Waals surface area (Å²) in [6, 6.07) is 1.79. The van der Waals surface area contributed by atoms with E-state index in [1.165, 1.54) is 7.05 Å². The first-order valence-corrected chi connectivity index (χ1v) is 8.22. The molecule has 1 heterocycles. The molecule has 158 valence electrons. The maximum atomic E-state index is 14.3. The summed E-state index contributed by atoms with van der Waals surface area (Å²) < 4.78 is 63.4. The van der Waals surface area contributed by atoms with Crippen LogP contribution in [-0.2, 0) is 18.0 Å². The zero-order valence-electron chi connectivity index (χ0n) is 15.0. The fourth-order valence-electron chi connectivity index (χ4n) is 2.28. The number of nitrogens with zero attached hydrogens (tertiary/aromatic N) is 2. The summed E-state index contributed by atoms with van der Waals surface area (Å²) in [6.07, 6.45) is -5.68. The quantitative estimate of drug-likeness (QED) is 0.569. The van der Waals surface area contributed by atoms with Crippen molar-refractivity contribution in [1.82, 2.24) is 14.5 Å². The molecule has 0 unspecified atom stereocenters.